The van der Waals surface area contributed by atoms with E-state index in [-0.39, 0.29) is 24.0 Å². The molecule has 0 bridgehead atoms. The Morgan fingerprint density at radius 3 is 2.61 bits per heavy atom. The van der Waals surface area contributed by atoms with Crippen molar-refractivity contribution in [3.63, 3.8) is 0 Å². The maximum Gasteiger partial charge on any atom is 0.253 e. The number of carbonyl (C=O) groups is 3. The van der Waals surface area contributed by atoms with Crippen molar-refractivity contribution < 1.29 is 19.1 Å². The Hall–Kier alpha value is -3.68. The summed E-state index contributed by atoms with van der Waals surface area (Å²) in [5.74, 6) is 0.319. The summed E-state index contributed by atoms with van der Waals surface area (Å²) in [5.41, 5.74) is 2.87. The van der Waals surface area contributed by atoms with Gasteiger partial charge < -0.3 is 14.5 Å². The Morgan fingerprint density at radius 1 is 1.12 bits per heavy atom. The number of rotatable bonds is 2. The minimum atomic E-state index is -0.613. The first-order valence-corrected chi connectivity index (χ1v) is 11.1. The summed E-state index contributed by atoms with van der Waals surface area (Å²) in [5, 5.41) is 7.93. The predicted octanol–water partition coefficient (Wildman–Crippen LogP) is 3.21. The number of aromatic amines is 1. The number of nitrogens with zero attached hydrogens (tertiary/aromatic N) is 3. The van der Waals surface area contributed by atoms with Crippen LogP contribution in [0.5, 0.6) is 5.75 Å². The third-order valence-corrected chi connectivity index (χ3v) is 6.70. The van der Waals surface area contributed by atoms with Gasteiger partial charge in [0.2, 0.25) is 0 Å². The van der Waals surface area contributed by atoms with Crippen LogP contribution in [0.25, 0.3) is 10.9 Å². The van der Waals surface area contributed by atoms with Crippen LogP contribution >= 0.6 is 0 Å². The number of benzene rings is 2. The van der Waals surface area contributed by atoms with Crippen LogP contribution in [-0.4, -0.2) is 70.4 Å². The normalized spacial score (nSPS) is 17.1. The van der Waals surface area contributed by atoms with Gasteiger partial charge in [0, 0.05) is 56.5 Å². The van der Waals surface area contributed by atoms with Gasteiger partial charge in [-0.25, -0.2) is 0 Å². The molecule has 1 spiro atoms. The highest BCUT2D eigenvalue weighted by Gasteiger charge is 2.44. The third-order valence-electron chi connectivity index (χ3n) is 6.70. The van der Waals surface area contributed by atoms with Crippen LogP contribution in [0, 0.1) is 6.92 Å². The zero-order chi connectivity index (χ0) is 23.3. The number of fused-ring (bicyclic) bond motifs is 2. The second-order valence-corrected chi connectivity index (χ2v) is 9.22. The monoisotopic (exact) mass is 446 g/mol. The fourth-order valence-electron chi connectivity index (χ4n) is 4.82. The molecule has 0 atom stereocenters. The van der Waals surface area contributed by atoms with Crippen LogP contribution in [0.15, 0.2) is 36.5 Å². The number of ether oxygens (including phenoxy) is 1. The van der Waals surface area contributed by atoms with E-state index in [1.165, 1.54) is 4.90 Å². The number of hydrogen-bond acceptors (Lipinski definition) is 5. The molecule has 2 amide bonds. The first kappa shape index (κ1) is 21.2. The molecule has 2 aliphatic rings. The molecular formula is C25H26N4O4. The van der Waals surface area contributed by atoms with Gasteiger partial charge in [0.25, 0.3) is 11.8 Å². The second kappa shape index (κ2) is 7.72. The zero-order valence-corrected chi connectivity index (χ0v) is 19.0. The molecule has 8 nitrogen and oxygen atoms in total. The van der Waals surface area contributed by atoms with Gasteiger partial charge in [-0.05, 0) is 42.8 Å². The Morgan fingerprint density at radius 2 is 1.88 bits per heavy atom. The largest absolute Gasteiger partial charge is 0.486 e. The number of aromatic nitrogens is 2. The van der Waals surface area contributed by atoms with Gasteiger partial charge in [-0.2, -0.15) is 5.10 Å². The maximum atomic E-state index is 13.2. The summed E-state index contributed by atoms with van der Waals surface area (Å²) >= 11 is 0. The van der Waals surface area contributed by atoms with Crippen LogP contribution in [0.1, 0.15) is 55.9 Å². The van der Waals surface area contributed by atoms with Crippen LogP contribution < -0.4 is 4.74 Å². The maximum absolute atomic E-state index is 13.2. The molecule has 3 heterocycles. The van der Waals surface area contributed by atoms with Crippen molar-refractivity contribution in [2.24, 2.45) is 0 Å². The number of amides is 2. The molecular weight excluding hydrogens is 420 g/mol. The van der Waals surface area contributed by atoms with Gasteiger partial charge in [0.15, 0.2) is 5.78 Å². The number of Topliss-reactive ketones (excluding diaryl/α,β-unsaturated/α-hetero) is 1. The van der Waals surface area contributed by atoms with E-state index in [4.69, 9.17) is 4.74 Å². The molecule has 0 radical (unpaired) electrons. The van der Waals surface area contributed by atoms with Crippen LogP contribution in [-0.2, 0) is 0 Å². The van der Waals surface area contributed by atoms with E-state index in [0.29, 0.717) is 48.4 Å². The second-order valence-electron chi connectivity index (χ2n) is 9.22. The van der Waals surface area contributed by atoms with Gasteiger partial charge in [-0.1, -0.05) is 0 Å². The lowest BCUT2D eigenvalue weighted by molar-refractivity contribution is -0.00571. The number of carbonyl (C=O) groups excluding carboxylic acids is 3. The minimum Gasteiger partial charge on any atom is -0.486 e. The van der Waals surface area contributed by atoms with E-state index in [1.807, 2.05) is 24.0 Å². The Bertz CT molecular complexity index is 1280. The Balaban J connectivity index is 1.32. The molecule has 3 aromatic rings. The van der Waals surface area contributed by atoms with E-state index < -0.39 is 5.60 Å². The van der Waals surface area contributed by atoms with Gasteiger partial charge in [-0.15, -0.1) is 0 Å². The molecule has 2 aromatic carbocycles. The lowest BCUT2D eigenvalue weighted by atomic mass is 9.82. The summed E-state index contributed by atoms with van der Waals surface area (Å²) in [7, 11) is 3.36. The van der Waals surface area contributed by atoms with Crippen LogP contribution in [0.4, 0.5) is 0 Å². The topological polar surface area (TPSA) is 95.6 Å². The minimum absolute atomic E-state index is 0.0227. The summed E-state index contributed by atoms with van der Waals surface area (Å²) in [6.45, 7) is 2.99. The number of ketones is 1. The lowest BCUT2D eigenvalue weighted by Gasteiger charge is -2.44. The van der Waals surface area contributed by atoms with Crippen molar-refractivity contribution >= 4 is 28.5 Å². The van der Waals surface area contributed by atoms with Crippen molar-refractivity contribution in [3.8, 4) is 5.75 Å². The van der Waals surface area contributed by atoms with Gasteiger partial charge in [0.05, 0.1) is 23.7 Å². The SMILES string of the molecule is Cc1cc(C(=O)N2CCC3(CC2)CC(=O)c2cc(C(=O)N(C)C)ccc2O3)cc2cn[nH]c12. The van der Waals surface area contributed by atoms with Crippen molar-refractivity contribution in [1.82, 2.24) is 20.0 Å². The van der Waals surface area contributed by atoms with Crippen molar-refractivity contribution in [1.29, 1.82) is 0 Å². The predicted molar refractivity (Wildman–Crippen MR) is 123 cm³/mol. The highest BCUT2D eigenvalue weighted by Crippen LogP contribution is 2.40. The van der Waals surface area contributed by atoms with E-state index in [9.17, 15) is 14.4 Å². The van der Waals surface area contributed by atoms with E-state index in [0.717, 1.165) is 16.5 Å². The molecule has 1 saturated heterocycles. The van der Waals surface area contributed by atoms with Crippen molar-refractivity contribution in [2.45, 2.75) is 31.8 Å². The molecule has 0 aliphatic carbocycles. The number of nitrogens with one attached hydrogen (secondary N) is 1. The molecule has 5 rings (SSSR count). The fourth-order valence-corrected chi connectivity index (χ4v) is 4.82. The number of hydrogen-bond donors (Lipinski definition) is 1. The summed E-state index contributed by atoms with van der Waals surface area (Å²) in [6, 6.07) is 8.78. The first-order chi connectivity index (χ1) is 15.8. The number of likely N-dealkylation sites (tertiary alicyclic amines) is 1. The summed E-state index contributed by atoms with van der Waals surface area (Å²) in [6.07, 6.45) is 3.13. The number of H-pyrrole nitrogens is 1. The Kier molecular flexibility index (Phi) is 4.96. The molecule has 1 fully saturated rings. The van der Waals surface area contributed by atoms with Crippen molar-refractivity contribution in [2.75, 3.05) is 27.2 Å². The standard InChI is InChI=1S/C25H26N4O4/c1-15-10-17(11-18-14-26-27-22(15)18)24(32)29-8-6-25(7-9-29)13-20(30)19-12-16(23(31)28(2)3)4-5-21(19)33-25/h4-5,10-12,14H,6-9,13H2,1-3H3,(H,26,27). The quantitative estimate of drug-likeness (QED) is 0.652. The highest BCUT2D eigenvalue weighted by molar-refractivity contribution is 6.04. The zero-order valence-electron chi connectivity index (χ0n) is 19.0. The molecule has 0 saturated carbocycles. The summed E-state index contributed by atoms with van der Waals surface area (Å²) in [4.78, 5) is 41.7. The van der Waals surface area contributed by atoms with Gasteiger partial charge >= 0.3 is 0 Å². The molecule has 1 aromatic heterocycles. The Labute approximate surface area is 191 Å². The molecule has 2 aliphatic heterocycles. The highest BCUT2D eigenvalue weighted by atomic mass is 16.5. The smallest absolute Gasteiger partial charge is 0.253 e. The average Bonchev–Trinajstić information content (AvgIpc) is 3.28. The summed E-state index contributed by atoms with van der Waals surface area (Å²) < 4.78 is 6.33. The molecule has 1 N–H and O–H groups in total. The number of aryl methyl sites for hydroxylation is 1. The van der Waals surface area contributed by atoms with Crippen LogP contribution in [0.2, 0.25) is 0 Å². The van der Waals surface area contributed by atoms with E-state index in [2.05, 4.69) is 10.2 Å². The van der Waals surface area contributed by atoms with Crippen LogP contribution in [0.3, 0.4) is 0 Å². The fraction of sp³-hybridized carbons (Fsp3) is 0.360. The number of piperidine rings is 1. The average molecular weight is 447 g/mol. The van der Waals surface area contributed by atoms with Crippen molar-refractivity contribution in [3.05, 3.63) is 58.8 Å². The lowest BCUT2D eigenvalue weighted by Crippen LogP contribution is -2.52. The van der Waals surface area contributed by atoms with Gasteiger partial charge in [-0.3, -0.25) is 19.5 Å². The molecule has 0 unspecified atom stereocenters. The molecule has 170 valence electrons. The van der Waals surface area contributed by atoms with E-state index in [1.54, 1.807) is 38.5 Å². The molecule has 8 heteroatoms. The molecule has 33 heavy (non-hydrogen) atoms. The first-order valence-electron chi connectivity index (χ1n) is 11.1. The third kappa shape index (κ3) is 3.65. The van der Waals surface area contributed by atoms with Gasteiger partial charge in [0.1, 0.15) is 11.4 Å². The van der Waals surface area contributed by atoms with E-state index >= 15 is 0 Å².